The van der Waals surface area contributed by atoms with Gasteiger partial charge in [-0.3, -0.25) is 0 Å². The summed E-state index contributed by atoms with van der Waals surface area (Å²) in [4.78, 5) is 0. The van der Waals surface area contributed by atoms with E-state index in [1.165, 1.54) is 0 Å². The van der Waals surface area contributed by atoms with Gasteiger partial charge in [0.15, 0.2) is 0 Å². The van der Waals surface area contributed by atoms with Gasteiger partial charge in [0.25, 0.3) is 0 Å². The number of hydrogen-bond acceptors (Lipinski definition) is 0. The normalized spacial score (nSPS) is 15.0. The quantitative estimate of drug-likeness (QED) is 0.494. The highest BCUT2D eigenvalue weighted by Gasteiger charge is 2.72. The molecule has 8 heteroatoms. The molecule has 0 aliphatic carbocycles. The summed E-state index contributed by atoms with van der Waals surface area (Å²) in [5.74, 6) is -13.4. The summed E-state index contributed by atoms with van der Waals surface area (Å²) in [5.41, 5.74) is 0. The van der Waals surface area contributed by atoms with E-state index in [9.17, 15) is 30.7 Å². The summed E-state index contributed by atoms with van der Waals surface area (Å²) in [7, 11) is 0. The van der Waals surface area contributed by atoms with Crippen molar-refractivity contribution in [3.63, 3.8) is 0 Å². The van der Waals surface area contributed by atoms with Crippen molar-refractivity contribution in [3.8, 4) is 0 Å². The van der Waals surface area contributed by atoms with Gasteiger partial charge in [-0.1, -0.05) is 0 Å². The van der Waals surface area contributed by atoms with Crippen LogP contribution in [0.15, 0.2) is 0 Å². The van der Waals surface area contributed by atoms with Crippen molar-refractivity contribution in [1.82, 2.24) is 0 Å². The lowest BCUT2D eigenvalue weighted by atomic mass is 10.2. The van der Waals surface area contributed by atoms with Crippen molar-refractivity contribution in [2.75, 3.05) is 5.88 Å². The average molecular weight is 218 g/mol. The second-order valence-corrected chi connectivity index (χ2v) is 2.18. The maximum atomic E-state index is 11.8. The molecule has 0 radical (unpaired) electrons. The van der Waals surface area contributed by atoms with E-state index in [0.29, 0.717) is 0 Å². The summed E-state index contributed by atoms with van der Waals surface area (Å²) in [5, 5.41) is 0. The Morgan fingerprint density at radius 3 is 1.25 bits per heavy atom. The van der Waals surface area contributed by atoms with Gasteiger partial charge in [0.2, 0.25) is 0 Å². The standard InChI is InChI=1S/C4H2ClF7/c5-1-2(6,7)3(8,9)4(10,11)12/h1H2. The minimum atomic E-state index is -6.29. The highest BCUT2D eigenvalue weighted by Crippen LogP contribution is 2.46. The smallest absolute Gasteiger partial charge is 0.198 e. The van der Waals surface area contributed by atoms with Crippen LogP contribution in [0.25, 0.3) is 0 Å². The Labute approximate surface area is 67.3 Å². The van der Waals surface area contributed by atoms with Crippen LogP contribution in [0.5, 0.6) is 0 Å². The fraction of sp³-hybridized carbons (Fsp3) is 1.00. The van der Waals surface area contributed by atoms with Crippen molar-refractivity contribution in [1.29, 1.82) is 0 Å². The van der Waals surface area contributed by atoms with E-state index in [0.717, 1.165) is 0 Å². The van der Waals surface area contributed by atoms with Gasteiger partial charge < -0.3 is 0 Å². The lowest BCUT2D eigenvalue weighted by Gasteiger charge is -2.26. The molecule has 0 fully saturated rings. The summed E-state index contributed by atoms with van der Waals surface area (Å²) < 4.78 is 80.8. The van der Waals surface area contributed by atoms with E-state index >= 15 is 0 Å². The number of halogens is 8. The predicted molar refractivity (Wildman–Crippen MR) is 26.7 cm³/mol. The van der Waals surface area contributed by atoms with Crippen LogP contribution >= 0.6 is 11.6 Å². The molecule has 0 aromatic heterocycles. The molecule has 0 saturated heterocycles. The molecule has 0 atom stereocenters. The molecule has 0 rings (SSSR count). The molecule has 0 nitrogen and oxygen atoms in total. The van der Waals surface area contributed by atoms with Gasteiger partial charge in [0, 0.05) is 0 Å². The van der Waals surface area contributed by atoms with Crippen molar-refractivity contribution in [3.05, 3.63) is 0 Å². The van der Waals surface area contributed by atoms with Gasteiger partial charge in [-0.15, -0.1) is 11.6 Å². The molecule has 0 heterocycles. The molecule has 12 heavy (non-hydrogen) atoms. The number of alkyl halides is 8. The van der Waals surface area contributed by atoms with Crippen LogP contribution in [0.4, 0.5) is 30.7 Å². The molecule has 74 valence electrons. The second-order valence-electron chi connectivity index (χ2n) is 1.91. The SMILES string of the molecule is FC(F)(F)C(F)(F)C(F)(F)CCl. The number of hydrogen-bond donors (Lipinski definition) is 0. The molecular formula is C4H2ClF7. The van der Waals surface area contributed by atoms with E-state index in [2.05, 4.69) is 11.6 Å². The molecular weight excluding hydrogens is 216 g/mol. The number of rotatable bonds is 2. The molecule has 0 amide bonds. The zero-order valence-electron chi connectivity index (χ0n) is 5.23. The first kappa shape index (κ1) is 11.8. The predicted octanol–water partition coefficient (Wildman–Crippen LogP) is 3.06. The topological polar surface area (TPSA) is 0 Å². The summed E-state index contributed by atoms with van der Waals surface area (Å²) in [6.45, 7) is 0. The van der Waals surface area contributed by atoms with Crippen LogP contribution in [-0.4, -0.2) is 23.9 Å². The third-order valence-electron chi connectivity index (χ3n) is 0.983. The van der Waals surface area contributed by atoms with E-state index < -0.39 is 23.9 Å². The fourth-order valence-electron chi connectivity index (χ4n) is 0.291. The third-order valence-corrected chi connectivity index (χ3v) is 1.32. The Hall–Kier alpha value is -0.200. The Morgan fingerprint density at radius 1 is 0.833 bits per heavy atom. The molecule has 0 aromatic carbocycles. The molecule has 0 aromatic rings. The second kappa shape index (κ2) is 2.93. The van der Waals surface area contributed by atoms with Gasteiger partial charge in [0.1, 0.15) is 0 Å². The minimum Gasteiger partial charge on any atom is -0.198 e. The highest BCUT2D eigenvalue weighted by molar-refractivity contribution is 6.18. The minimum absolute atomic E-state index is 2.08. The first-order valence-corrected chi connectivity index (χ1v) is 2.98. The molecule has 0 unspecified atom stereocenters. The van der Waals surface area contributed by atoms with Crippen LogP contribution in [0, 0.1) is 0 Å². The van der Waals surface area contributed by atoms with Crippen molar-refractivity contribution in [2.24, 2.45) is 0 Å². The van der Waals surface area contributed by atoms with Crippen molar-refractivity contribution < 1.29 is 30.7 Å². The molecule has 0 N–H and O–H groups in total. The van der Waals surface area contributed by atoms with Crippen LogP contribution in [0.2, 0.25) is 0 Å². The molecule has 0 aliphatic rings. The van der Waals surface area contributed by atoms with Gasteiger partial charge >= 0.3 is 18.0 Å². The van der Waals surface area contributed by atoms with Gasteiger partial charge in [-0.05, 0) is 0 Å². The third kappa shape index (κ3) is 1.75. The average Bonchev–Trinajstić information content (AvgIpc) is 1.85. The van der Waals surface area contributed by atoms with E-state index in [1.54, 1.807) is 0 Å². The fourth-order valence-corrected chi connectivity index (χ4v) is 0.459. The summed E-state index contributed by atoms with van der Waals surface area (Å²) >= 11 is 4.25. The Morgan fingerprint density at radius 2 is 1.17 bits per heavy atom. The molecule has 0 bridgehead atoms. The van der Waals surface area contributed by atoms with Crippen LogP contribution in [0.1, 0.15) is 0 Å². The molecule has 0 aliphatic heterocycles. The van der Waals surface area contributed by atoms with Crippen molar-refractivity contribution >= 4 is 11.6 Å². The monoisotopic (exact) mass is 218 g/mol. The van der Waals surface area contributed by atoms with Crippen LogP contribution in [-0.2, 0) is 0 Å². The lowest BCUT2D eigenvalue weighted by Crippen LogP contribution is -2.52. The zero-order valence-corrected chi connectivity index (χ0v) is 5.99. The molecule has 0 saturated carbocycles. The molecule has 0 spiro atoms. The van der Waals surface area contributed by atoms with E-state index in [1.807, 2.05) is 0 Å². The largest absolute Gasteiger partial charge is 0.459 e. The van der Waals surface area contributed by atoms with E-state index in [-0.39, 0.29) is 0 Å². The maximum absolute atomic E-state index is 11.8. The van der Waals surface area contributed by atoms with Crippen molar-refractivity contribution in [2.45, 2.75) is 18.0 Å². The summed E-state index contributed by atoms with van der Waals surface area (Å²) in [6.07, 6.45) is -6.29. The van der Waals surface area contributed by atoms with Gasteiger partial charge in [0.05, 0.1) is 5.88 Å². The van der Waals surface area contributed by atoms with E-state index in [4.69, 9.17) is 0 Å². The highest BCUT2D eigenvalue weighted by atomic mass is 35.5. The summed E-state index contributed by atoms with van der Waals surface area (Å²) in [6, 6.07) is 0. The Bertz CT molecular complexity index is 159. The zero-order chi connectivity index (χ0) is 10.2. The van der Waals surface area contributed by atoms with Gasteiger partial charge in [-0.25, -0.2) is 0 Å². The van der Waals surface area contributed by atoms with Crippen LogP contribution < -0.4 is 0 Å². The van der Waals surface area contributed by atoms with Crippen LogP contribution in [0.3, 0.4) is 0 Å². The first-order valence-electron chi connectivity index (χ1n) is 2.44. The maximum Gasteiger partial charge on any atom is 0.459 e. The Balaban J connectivity index is 4.85. The lowest BCUT2D eigenvalue weighted by molar-refractivity contribution is -0.348. The first-order chi connectivity index (χ1) is 5.06. The van der Waals surface area contributed by atoms with Gasteiger partial charge in [-0.2, -0.15) is 30.7 Å². The Kier molecular flexibility index (Phi) is 2.89.